The van der Waals surface area contributed by atoms with Gasteiger partial charge in [-0.25, -0.2) is 0 Å². The van der Waals surface area contributed by atoms with Crippen molar-refractivity contribution in [3.05, 3.63) is 48.4 Å². The third kappa shape index (κ3) is 3.42. The number of hydrogen-bond acceptors (Lipinski definition) is 4. The molecule has 2 heterocycles. The highest BCUT2D eigenvalue weighted by Gasteiger charge is 2.30. The average molecular weight is 328 g/mol. The molecule has 1 fully saturated rings. The van der Waals surface area contributed by atoms with Crippen molar-refractivity contribution < 1.29 is 18.7 Å². The molecule has 1 aliphatic heterocycles. The van der Waals surface area contributed by atoms with E-state index >= 15 is 0 Å². The van der Waals surface area contributed by atoms with E-state index in [0.717, 1.165) is 12.8 Å². The molecule has 0 radical (unpaired) electrons. The van der Waals surface area contributed by atoms with E-state index in [1.54, 1.807) is 36.3 Å². The lowest BCUT2D eigenvalue weighted by molar-refractivity contribution is -0.121. The summed E-state index contributed by atoms with van der Waals surface area (Å²) in [7, 11) is 1.56. The van der Waals surface area contributed by atoms with Gasteiger partial charge in [0.2, 0.25) is 5.91 Å². The van der Waals surface area contributed by atoms with E-state index in [4.69, 9.17) is 9.15 Å². The summed E-state index contributed by atoms with van der Waals surface area (Å²) < 4.78 is 10.4. The van der Waals surface area contributed by atoms with Crippen molar-refractivity contribution in [3.8, 4) is 5.75 Å². The smallest absolute Gasteiger partial charge is 0.289 e. The second-order valence-corrected chi connectivity index (χ2v) is 5.76. The van der Waals surface area contributed by atoms with Gasteiger partial charge in [0, 0.05) is 13.1 Å². The highest BCUT2D eigenvalue weighted by molar-refractivity contribution is 5.95. The minimum atomic E-state index is -0.248. The van der Waals surface area contributed by atoms with E-state index in [1.165, 1.54) is 6.26 Å². The summed E-state index contributed by atoms with van der Waals surface area (Å²) in [6.07, 6.45) is 3.02. The fraction of sp³-hybridized carbons (Fsp3) is 0.333. The van der Waals surface area contributed by atoms with Gasteiger partial charge in [-0.05, 0) is 37.1 Å². The Labute approximate surface area is 140 Å². The second kappa shape index (κ2) is 7.21. The van der Waals surface area contributed by atoms with E-state index in [0.29, 0.717) is 30.3 Å². The number of para-hydroxylation sites is 2. The molecule has 126 valence electrons. The Morgan fingerprint density at radius 3 is 2.83 bits per heavy atom. The number of ether oxygens (including phenoxy) is 1. The Kier molecular flexibility index (Phi) is 4.84. The zero-order chi connectivity index (χ0) is 16.9. The normalized spacial score (nSPS) is 17.4. The summed E-state index contributed by atoms with van der Waals surface area (Å²) in [5, 5.41) is 2.90. The van der Waals surface area contributed by atoms with Crippen LogP contribution in [0, 0.1) is 5.92 Å². The van der Waals surface area contributed by atoms with Gasteiger partial charge in [-0.15, -0.1) is 0 Å². The SMILES string of the molecule is COc1ccccc1NC(=O)C1CCCN(C(=O)c2ccco2)C1. The first kappa shape index (κ1) is 16.1. The Morgan fingerprint density at radius 1 is 1.25 bits per heavy atom. The number of carbonyl (C=O) groups is 2. The molecule has 1 atom stereocenters. The summed E-state index contributed by atoms with van der Waals surface area (Å²) in [6.45, 7) is 1.03. The maximum atomic E-state index is 12.6. The van der Waals surface area contributed by atoms with Crippen LogP contribution in [0.3, 0.4) is 0 Å². The van der Waals surface area contributed by atoms with Crippen molar-refractivity contribution in [1.29, 1.82) is 0 Å². The number of benzene rings is 1. The van der Waals surface area contributed by atoms with Gasteiger partial charge in [0.1, 0.15) is 5.75 Å². The highest BCUT2D eigenvalue weighted by Crippen LogP contribution is 2.25. The van der Waals surface area contributed by atoms with Crippen LogP contribution in [-0.2, 0) is 4.79 Å². The van der Waals surface area contributed by atoms with E-state index in [1.807, 2.05) is 12.1 Å². The molecule has 1 unspecified atom stereocenters. The Bertz CT molecular complexity index is 712. The van der Waals surface area contributed by atoms with Crippen LogP contribution < -0.4 is 10.1 Å². The van der Waals surface area contributed by atoms with Crippen molar-refractivity contribution in [2.75, 3.05) is 25.5 Å². The van der Waals surface area contributed by atoms with E-state index in [-0.39, 0.29) is 17.7 Å². The van der Waals surface area contributed by atoms with Gasteiger partial charge in [-0.3, -0.25) is 9.59 Å². The summed E-state index contributed by atoms with van der Waals surface area (Å²) in [4.78, 5) is 26.6. The van der Waals surface area contributed by atoms with Crippen molar-refractivity contribution in [2.45, 2.75) is 12.8 Å². The van der Waals surface area contributed by atoms with Crippen molar-refractivity contribution in [1.82, 2.24) is 4.90 Å². The van der Waals surface area contributed by atoms with Gasteiger partial charge in [0.15, 0.2) is 5.76 Å². The maximum absolute atomic E-state index is 12.6. The Morgan fingerprint density at radius 2 is 2.08 bits per heavy atom. The first-order chi connectivity index (χ1) is 11.7. The molecule has 6 heteroatoms. The van der Waals surface area contributed by atoms with Crippen LogP contribution >= 0.6 is 0 Å². The zero-order valence-corrected chi connectivity index (χ0v) is 13.5. The molecule has 1 saturated heterocycles. The van der Waals surface area contributed by atoms with Crippen LogP contribution in [0.5, 0.6) is 5.75 Å². The maximum Gasteiger partial charge on any atom is 0.289 e. The van der Waals surface area contributed by atoms with Crippen LogP contribution in [0.15, 0.2) is 47.1 Å². The monoisotopic (exact) mass is 328 g/mol. The third-order valence-electron chi connectivity index (χ3n) is 4.18. The van der Waals surface area contributed by atoms with Crippen molar-refractivity contribution in [2.24, 2.45) is 5.92 Å². The molecule has 1 aromatic heterocycles. The lowest BCUT2D eigenvalue weighted by Crippen LogP contribution is -2.43. The molecular weight excluding hydrogens is 308 g/mol. The third-order valence-corrected chi connectivity index (χ3v) is 4.18. The molecule has 0 saturated carbocycles. The van der Waals surface area contributed by atoms with Gasteiger partial charge in [-0.2, -0.15) is 0 Å². The number of nitrogens with zero attached hydrogens (tertiary/aromatic N) is 1. The van der Waals surface area contributed by atoms with Crippen LogP contribution in [0.4, 0.5) is 5.69 Å². The molecule has 1 aromatic carbocycles. The van der Waals surface area contributed by atoms with E-state index in [2.05, 4.69) is 5.32 Å². The van der Waals surface area contributed by atoms with Crippen LogP contribution in [0.1, 0.15) is 23.4 Å². The number of hydrogen-bond donors (Lipinski definition) is 1. The fourth-order valence-corrected chi connectivity index (χ4v) is 2.91. The lowest BCUT2D eigenvalue weighted by Gasteiger charge is -2.31. The number of likely N-dealkylation sites (tertiary alicyclic amines) is 1. The van der Waals surface area contributed by atoms with Crippen LogP contribution in [0.2, 0.25) is 0 Å². The lowest BCUT2D eigenvalue weighted by atomic mass is 9.96. The molecule has 3 rings (SSSR count). The van der Waals surface area contributed by atoms with Gasteiger partial charge in [0.05, 0.1) is 25.0 Å². The molecule has 2 aromatic rings. The predicted molar refractivity (Wildman–Crippen MR) is 89.0 cm³/mol. The number of furan rings is 1. The molecule has 0 spiro atoms. The minimum absolute atomic E-state index is 0.101. The summed E-state index contributed by atoms with van der Waals surface area (Å²) in [5.41, 5.74) is 0.638. The first-order valence-corrected chi connectivity index (χ1v) is 7.95. The number of amides is 2. The number of piperidine rings is 1. The average Bonchev–Trinajstić information content (AvgIpc) is 3.16. The van der Waals surface area contributed by atoms with E-state index in [9.17, 15) is 9.59 Å². The zero-order valence-electron chi connectivity index (χ0n) is 13.5. The highest BCUT2D eigenvalue weighted by atomic mass is 16.5. The number of anilines is 1. The quantitative estimate of drug-likeness (QED) is 0.937. The Hall–Kier alpha value is -2.76. The topological polar surface area (TPSA) is 71.8 Å². The number of rotatable bonds is 4. The van der Waals surface area contributed by atoms with Gasteiger partial charge >= 0.3 is 0 Å². The fourth-order valence-electron chi connectivity index (χ4n) is 2.91. The molecule has 2 amide bonds. The molecule has 1 aliphatic rings. The number of carbonyl (C=O) groups excluding carboxylic acids is 2. The molecule has 0 bridgehead atoms. The summed E-state index contributed by atoms with van der Waals surface area (Å²) in [6, 6.07) is 10.6. The Balaban J connectivity index is 1.66. The van der Waals surface area contributed by atoms with Crippen molar-refractivity contribution in [3.63, 3.8) is 0 Å². The molecule has 24 heavy (non-hydrogen) atoms. The number of nitrogens with one attached hydrogen (secondary N) is 1. The standard InChI is InChI=1S/C18H20N2O4/c1-23-15-8-3-2-7-14(15)19-17(21)13-6-4-10-20(12-13)18(22)16-9-5-11-24-16/h2-3,5,7-9,11,13H,4,6,10,12H2,1H3,(H,19,21). The van der Waals surface area contributed by atoms with E-state index < -0.39 is 0 Å². The van der Waals surface area contributed by atoms with Crippen molar-refractivity contribution >= 4 is 17.5 Å². The number of methoxy groups -OCH3 is 1. The first-order valence-electron chi connectivity index (χ1n) is 7.95. The largest absolute Gasteiger partial charge is 0.495 e. The summed E-state index contributed by atoms with van der Waals surface area (Å²) >= 11 is 0. The van der Waals surface area contributed by atoms with Crippen LogP contribution in [0.25, 0.3) is 0 Å². The minimum Gasteiger partial charge on any atom is -0.495 e. The summed E-state index contributed by atoms with van der Waals surface area (Å²) in [5.74, 6) is 0.403. The van der Waals surface area contributed by atoms with Gasteiger partial charge in [-0.1, -0.05) is 12.1 Å². The van der Waals surface area contributed by atoms with Gasteiger partial charge < -0.3 is 19.4 Å². The molecule has 6 nitrogen and oxygen atoms in total. The molecule has 1 N–H and O–H groups in total. The molecular formula is C18H20N2O4. The molecule has 0 aliphatic carbocycles. The van der Waals surface area contributed by atoms with Crippen LogP contribution in [-0.4, -0.2) is 36.9 Å². The second-order valence-electron chi connectivity index (χ2n) is 5.76. The predicted octanol–water partition coefficient (Wildman–Crippen LogP) is 2.78. The van der Waals surface area contributed by atoms with Gasteiger partial charge in [0.25, 0.3) is 5.91 Å².